The number of likely N-dealkylation sites (tertiary alicyclic amines) is 1. The Labute approximate surface area is 149 Å². The van der Waals surface area contributed by atoms with Crippen molar-refractivity contribution in [2.45, 2.75) is 47.5 Å². The molecule has 134 valence electrons. The van der Waals surface area contributed by atoms with Gasteiger partial charge in [0.25, 0.3) is 0 Å². The van der Waals surface area contributed by atoms with E-state index in [1.165, 1.54) is 21.6 Å². The maximum absolute atomic E-state index is 12.7. The number of hydrogen-bond donors (Lipinski definition) is 0. The van der Waals surface area contributed by atoms with Crippen molar-refractivity contribution in [3.8, 4) is 5.75 Å². The first-order valence-corrected chi connectivity index (χ1v) is 9.00. The summed E-state index contributed by atoms with van der Waals surface area (Å²) in [7, 11) is 0. The third-order valence-corrected chi connectivity index (χ3v) is 5.60. The van der Waals surface area contributed by atoms with Gasteiger partial charge in [-0.2, -0.15) is 0 Å². The second-order valence-electron chi connectivity index (χ2n) is 7.59. The van der Waals surface area contributed by atoms with Crippen LogP contribution >= 0.6 is 0 Å². The number of imide groups is 1. The van der Waals surface area contributed by atoms with E-state index in [0.29, 0.717) is 26.0 Å². The minimum Gasteiger partial charge on any atom is -0.491 e. The van der Waals surface area contributed by atoms with E-state index in [4.69, 9.17) is 4.74 Å². The summed E-state index contributed by atoms with van der Waals surface area (Å²) in [6, 6.07) is 4.17. The Morgan fingerprint density at radius 2 is 1.40 bits per heavy atom. The van der Waals surface area contributed by atoms with Crippen LogP contribution in [0.2, 0.25) is 0 Å². The summed E-state index contributed by atoms with van der Waals surface area (Å²) in [4.78, 5) is 26.7. The second-order valence-corrected chi connectivity index (χ2v) is 7.59. The van der Waals surface area contributed by atoms with Crippen molar-refractivity contribution in [3.05, 3.63) is 40.0 Å². The van der Waals surface area contributed by atoms with E-state index in [0.717, 1.165) is 16.9 Å². The number of benzene rings is 1. The Balaban J connectivity index is 1.65. The lowest BCUT2D eigenvalue weighted by Crippen LogP contribution is -2.34. The largest absolute Gasteiger partial charge is 0.491 e. The van der Waals surface area contributed by atoms with Crippen molar-refractivity contribution >= 4 is 11.8 Å². The fourth-order valence-electron chi connectivity index (χ4n) is 4.17. The van der Waals surface area contributed by atoms with Gasteiger partial charge in [-0.25, -0.2) is 0 Å². The molecule has 4 heteroatoms. The molecule has 0 radical (unpaired) electrons. The van der Waals surface area contributed by atoms with Crippen LogP contribution in [0.25, 0.3) is 0 Å². The van der Waals surface area contributed by atoms with Crippen molar-refractivity contribution < 1.29 is 14.3 Å². The number of hydrogen-bond acceptors (Lipinski definition) is 3. The molecule has 0 saturated carbocycles. The van der Waals surface area contributed by atoms with Crippen molar-refractivity contribution in [1.29, 1.82) is 0 Å². The van der Waals surface area contributed by atoms with E-state index < -0.39 is 0 Å². The summed E-state index contributed by atoms with van der Waals surface area (Å²) in [6.07, 6.45) is 1.43. The molecular weight excluding hydrogens is 314 g/mol. The number of aryl methyl sites for hydroxylation is 3. The monoisotopic (exact) mass is 341 g/mol. The van der Waals surface area contributed by atoms with Gasteiger partial charge < -0.3 is 4.74 Å². The van der Waals surface area contributed by atoms with Crippen molar-refractivity contribution in [2.75, 3.05) is 13.2 Å². The highest BCUT2D eigenvalue weighted by atomic mass is 16.5. The van der Waals surface area contributed by atoms with E-state index >= 15 is 0 Å². The quantitative estimate of drug-likeness (QED) is 0.619. The first-order chi connectivity index (χ1) is 11.8. The number of rotatable bonds is 4. The number of amides is 2. The zero-order valence-electron chi connectivity index (χ0n) is 15.8. The highest BCUT2D eigenvalue weighted by Crippen LogP contribution is 2.40. The van der Waals surface area contributed by atoms with Gasteiger partial charge in [0.1, 0.15) is 12.4 Å². The van der Waals surface area contributed by atoms with Crippen LogP contribution in [-0.4, -0.2) is 29.9 Å². The lowest BCUT2D eigenvalue weighted by Gasteiger charge is -2.23. The van der Waals surface area contributed by atoms with Crippen molar-refractivity contribution in [2.24, 2.45) is 11.8 Å². The molecule has 1 aromatic rings. The molecule has 0 spiro atoms. The van der Waals surface area contributed by atoms with Gasteiger partial charge in [-0.15, -0.1) is 0 Å². The van der Waals surface area contributed by atoms with Gasteiger partial charge in [0.15, 0.2) is 0 Å². The minimum absolute atomic E-state index is 0.0252. The van der Waals surface area contributed by atoms with Crippen LogP contribution in [0.3, 0.4) is 0 Å². The van der Waals surface area contributed by atoms with Crippen molar-refractivity contribution in [1.82, 2.24) is 4.90 Å². The van der Waals surface area contributed by atoms with Crippen LogP contribution in [0.5, 0.6) is 5.75 Å². The predicted octanol–water partition coefficient (Wildman–Crippen LogP) is 3.72. The fourth-order valence-corrected chi connectivity index (χ4v) is 4.17. The molecule has 25 heavy (non-hydrogen) atoms. The number of allylic oxidation sites excluding steroid dienone is 2. The Morgan fingerprint density at radius 1 is 0.920 bits per heavy atom. The lowest BCUT2D eigenvalue weighted by atomic mass is 9.78. The molecule has 3 rings (SSSR count). The zero-order chi connectivity index (χ0) is 18.3. The third kappa shape index (κ3) is 3.22. The third-order valence-electron chi connectivity index (χ3n) is 5.60. The Bertz CT molecular complexity index is 707. The highest BCUT2D eigenvalue weighted by molar-refractivity contribution is 6.05. The summed E-state index contributed by atoms with van der Waals surface area (Å²) >= 11 is 0. The van der Waals surface area contributed by atoms with Crippen LogP contribution in [0.4, 0.5) is 0 Å². The minimum atomic E-state index is -0.168. The molecule has 1 aliphatic heterocycles. The van der Waals surface area contributed by atoms with Gasteiger partial charge in [0, 0.05) is 0 Å². The maximum Gasteiger partial charge on any atom is 0.233 e. The highest BCUT2D eigenvalue weighted by Gasteiger charge is 2.48. The van der Waals surface area contributed by atoms with E-state index in [1.54, 1.807) is 0 Å². The van der Waals surface area contributed by atoms with E-state index in [2.05, 4.69) is 32.9 Å². The topological polar surface area (TPSA) is 46.6 Å². The van der Waals surface area contributed by atoms with Crippen LogP contribution in [0.15, 0.2) is 23.3 Å². The molecule has 1 aliphatic carbocycles. The molecular formula is C21H27NO3. The summed E-state index contributed by atoms with van der Waals surface area (Å²) < 4.78 is 5.92. The van der Waals surface area contributed by atoms with Crippen LogP contribution in [0, 0.1) is 32.6 Å². The molecule has 0 bridgehead atoms. The number of ether oxygens (including phenoxy) is 1. The number of fused-ring (bicyclic) bond motifs is 1. The van der Waals surface area contributed by atoms with Crippen LogP contribution in [0.1, 0.15) is 43.4 Å². The van der Waals surface area contributed by atoms with Crippen LogP contribution < -0.4 is 4.74 Å². The average molecular weight is 341 g/mol. The van der Waals surface area contributed by atoms with Gasteiger partial charge in [0.05, 0.1) is 18.4 Å². The van der Waals surface area contributed by atoms with Gasteiger partial charge in [0.2, 0.25) is 11.8 Å². The summed E-state index contributed by atoms with van der Waals surface area (Å²) in [5.41, 5.74) is 5.88. The smallest absolute Gasteiger partial charge is 0.233 e. The molecule has 0 N–H and O–H groups in total. The van der Waals surface area contributed by atoms with Gasteiger partial charge in [-0.1, -0.05) is 28.8 Å². The average Bonchev–Trinajstić information content (AvgIpc) is 2.75. The summed E-state index contributed by atoms with van der Waals surface area (Å²) in [5.74, 6) is 0.471. The van der Waals surface area contributed by atoms with E-state index in [-0.39, 0.29) is 23.7 Å². The van der Waals surface area contributed by atoms with Crippen LogP contribution in [-0.2, 0) is 9.59 Å². The number of carbonyl (C=O) groups excluding carboxylic acids is 2. The molecule has 1 fully saturated rings. The molecule has 1 heterocycles. The number of nitrogens with zero attached hydrogens (tertiary/aromatic N) is 1. The molecule has 2 atom stereocenters. The zero-order valence-corrected chi connectivity index (χ0v) is 15.8. The predicted molar refractivity (Wildman–Crippen MR) is 97.5 cm³/mol. The van der Waals surface area contributed by atoms with Gasteiger partial charge >= 0.3 is 0 Å². The molecule has 2 aliphatic rings. The Hall–Kier alpha value is -2.10. The molecule has 4 nitrogen and oxygen atoms in total. The van der Waals surface area contributed by atoms with Crippen molar-refractivity contribution in [3.63, 3.8) is 0 Å². The summed E-state index contributed by atoms with van der Waals surface area (Å²) in [6.45, 7) is 10.9. The van der Waals surface area contributed by atoms with E-state index in [1.807, 2.05) is 13.8 Å². The Kier molecular flexibility index (Phi) is 4.72. The molecule has 0 unspecified atom stereocenters. The normalized spacial score (nSPS) is 23.3. The molecule has 2 amide bonds. The number of carbonyl (C=O) groups is 2. The fraction of sp³-hybridized carbons (Fsp3) is 0.524. The molecule has 0 aromatic heterocycles. The maximum atomic E-state index is 12.7. The van der Waals surface area contributed by atoms with Gasteiger partial charge in [-0.3, -0.25) is 14.5 Å². The Morgan fingerprint density at radius 3 is 1.88 bits per heavy atom. The molecule has 1 saturated heterocycles. The van der Waals surface area contributed by atoms with Gasteiger partial charge in [-0.05, 0) is 58.6 Å². The SMILES string of the molecule is CC1=C(C)C[C@H]2C(=O)N(CCOc3c(C)cc(C)cc3C)C(=O)[C@@H]2C1. The molecule has 1 aromatic carbocycles. The summed E-state index contributed by atoms with van der Waals surface area (Å²) in [5, 5.41) is 0. The lowest BCUT2D eigenvalue weighted by molar-refractivity contribution is -0.140. The second kappa shape index (κ2) is 6.66. The standard InChI is InChI=1S/C21H27NO3/c1-12-8-15(4)19(16(5)9-12)25-7-6-22-20(23)17-10-13(2)14(3)11-18(17)21(22)24/h8-9,17-18H,6-7,10-11H2,1-5H3/t17-,18-/m1/s1. The first kappa shape index (κ1) is 17.7. The first-order valence-electron chi connectivity index (χ1n) is 9.00. The van der Waals surface area contributed by atoms with E-state index in [9.17, 15) is 9.59 Å².